The Labute approximate surface area is 141 Å². The van der Waals surface area contributed by atoms with Crippen LogP contribution in [0.4, 0.5) is 19.0 Å². The molecule has 0 aromatic carbocycles. The molecule has 0 atom stereocenters. The number of aromatic nitrogens is 3. The van der Waals surface area contributed by atoms with Crippen LogP contribution in [0.2, 0.25) is 0 Å². The minimum absolute atomic E-state index is 0.101. The molecule has 0 unspecified atom stereocenters. The van der Waals surface area contributed by atoms with Gasteiger partial charge >= 0.3 is 6.18 Å². The van der Waals surface area contributed by atoms with Crippen molar-refractivity contribution in [3.8, 4) is 5.88 Å². The number of methoxy groups -OCH3 is 1. The van der Waals surface area contributed by atoms with Gasteiger partial charge in [-0.15, -0.1) is 0 Å². The topological polar surface area (TPSA) is 73.9 Å². The van der Waals surface area contributed by atoms with Crippen molar-refractivity contribution in [3.05, 3.63) is 29.3 Å². The molecule has 0 saturated heterocycles. The molecular weight excluding hydrogens is 341 g/mol. The van der Waals surface area contributed by atoms with Crippen molar-refractivity contribution in [2.24, 2.45) is 0 Å². The van der Waals surface area contributed by atoms with Crippen molar-refractivity contribution in [3.63, 3.8) is 0 Å². The summed E-state index contributed by atoms with van der Waals surface area (Å²) in [6.07, 6.45) is -3.08. The number of anilines is 1. The second-order valence-electron chi connectivity index (χ2n) is 5.35. The van der Waals surface area contributed by atoms with E-state index in [1.54, 1.807) is 6.92 Å². The standard InChI is InChI=1S/C15H17F3N4OS/c1-7(2)12-10(24-11-6-20-8(3)21-13(11)19)5-9(15(16,17)18)14(22-12)23-4/h5-7H,1-4H3,(H2,19,20,21). The summed E-state index contributed by atoms with van der Waals surface area (Å²) in [6.45, 7) is 5.36. The highest BCUT2D eigenvalue weighted by Crippen LogP contribution is 2.42. The lowest BCUT2D eigenvalue weighted by atomic mass is 10.1. The summed E-state index contributed by atoms with van der Waals surface area (Å²) in [6, 6.07) is 1.03. The van der Waals surface area contributed by atoms with Crippen LogP contribution in [0.1, 0.15) is 36.8 Å². The number of hydrogen-bond donors (Lipinski definition) is 1. The second kappa shape index (κ2) is 6.84. The van der Waals surface area contributed by atoms with E-state index in [9.17, 15) is 13.2 Å². The van der Waals surface area contributed by atoms with Crippen LogP contribution < -0.4 is 10.5 Å². The third-order valence-electron chi connectivity index (χ3n) is 3.15. The highest BCUT2D eigenvalue weighted by molar-refractivity contribution is 7.99. The lowest BCUT2D eigenvalue weighted by Crippen LogP contribution is -2.11. The van der Waals surface area contributed by atoms with Gasteiger partial charge in [0.25, 0.3) is 0 Å². The fourth-order valence-corrected chi connectivity index (χ4v) is 3.07. The first-order chi connectivity index (χ1) is 11.1. The molecule has 0 aliphatic carbocycles. The summed E-state index contributed by atoms with van der Waals surface area (Å²) in [7, 11) is 1.17. The maximum Gasteiger partial charge on any atom is 0.421 e. The van der Waals surface area contributed by atoms with E-state index in [1.165, 1.54) is 13.3 Å². The van der Waals surface area contributed by atoms with Crippen molar-refractivity contribution in [2.75, 3.05) is 12.8 Å². The molecule has 2 aromatic rings. The van der Waals surface area contributed by atoms with E-state index >= 15 is 0 Å². The molecule has 24 heavy (non-hydrogen) atoms. The number of halogens is 3. The Bertz CT molecular complexity index is 750. The summed E-state index contributed by atoms with van der Waals surface area (Å²) < 4.78 is 44.5. The average molecular weight is 358 g/mol. The molecule has 0 spiro atoms. The third-order valence-corrected chi connectivity index (χ3v) is 4.23. The van der Waals surface area contributed by atoms with Gasteiger partial charge in [0.2, 0.25) is 5.88 Å². The maximum atomic E-state index is 13.2. The zero-order chi connectivity index (χ0) is 18.1. The lowest BCUT2D eigenvalue weighted by molar-refractivity contribution is -0.139. The van der Waals surface area contributed by atoms with E-state index in [4.69, 9.17) is 10.5 Å². The number of rotatable bonds is 4. The van der Waals surface area contributed by atoms with Crippen molar-refractivity contribution in [2.45, 2.75) is 42.7 Å². The van der Waals surface area contributed by atoms with Gasteiger partial charge in [0.15, 0.2) is 0 Å². The number of aryl methyl sites for hydroxylation is 1. The van der Waals surface area contributed by atoms with Gasteiger partial charge in [-0.05, 0) is 18.9 Å². The minimum atomic E-state index is -4.57. The van der Waals surface area contributed by atoms with Gasteiger partial charge in [-0.3, -0.25) is 0 Å². The SMILES string of the molecule is COc1nc(C(C)C)c(Sc2cnc(C)nc2N)cc1C(F)(F)F. The minimum Gasteiger partial charge on any atom is -0.481 e. The third kappa shape index (κ3) is 3.89. The van der Waals surface area contributed by atoms with Gasteiger partial charge in [-0.1, -0.05) is 25.6 Å². The van der Waals surface area contributed by atoms with Gasteiger partial charge in [-0.2, -0.15) is 13.2 Å². The Hall–Kier alpha value is -2.03. The lowest BCUT2D eigenvalue weighted by Gasteiger charge is -2.18. The molecule has 2 rings (SSSR count). The number of hydrogen-bond acceptors (Lipinski definition) is 6. The molecule has 0 aliphatic rings. The first kappa shape index (κ1) is 18.3. The number of nitrogens with zero attached hydrogens (tertiary/aromatic N) is 3. The van der Waals surface area contributed by atoms with Crippen LogP contribution in [0.3, 0.4) is 0 Å². The van der Waals surface area contributed by atoms with Crippen LogP contribution in [0.5, 0.6) is 5.88 Å². The number of pyridine rings is 1. The average Bonchev–Trinajstić information content (AvgIpc) is 2.48. The molecular formula is C15H17F3N4OS. The Balaban J connectivity index is 2.58. The molecule has 0 saturated carbocycles. The predicted octanol–water partition coefficient (Wildman–Crippen LogP) is 4.06. The molecule has 0 bridgehead atoms. The fraction of sp³-hybridized carbons (Fsp3) is 0.400. The molecule has 0 aliphatic heterocycles. The molecule has 0 radical (unpaired) electrons. The maximum absolute atomic E-state index is 13.2. The molecule has 2 heterocycles. The van der Waals surface area contributed by atoms with Gasteiger partial charge in [0, 0.05) is 11.1 Å². The highest BCUT2D eigenvalue weighted by atomic mass is 32.2. The monoisotopic (exact) mass is 358 g/mol. The van der Waals surface area contributed by atoms with Gasteiger partial charge in [0.05, 0.1) is 17.7 Å². The summed E-state index contributed by atoms with van der Waals surface area (Å²) in [5.41, 5.74) is 5.40. The quantitative estimate of drug-likeness (QED) is 0.888. The first-order valence-corrected chi connectivity index (χ1v) is 7.88. The van der Waals surface area contributed by atoms with Crippen LogP contribution in [0, 0.1) is 6.92 Å². The Morgan fingerprint density at radius 2 is 1.88 bits per heavy atom. The van der Waals surface area contributed by atoms with Crippen LogP contribution >= 0.6 is 11.8 Å². The van der Waals surface area contributed by atoms with Crippen molar-refractivity contribution in [1.82, 2.24) is 15.0 Å². The summed E-state index contributed by atoms with van der Waals surface area (Å²) in [5, 5.41) is 0. The van der Waals surface area contributed by atoms with Gasteiger partial charge in [0.1, 0.15) is 17.2 Å². The molecule has 2 N–H and O–H groups in total. The van der Waals surface area contributed by atoms with E-state index in [1.807, 2.05) is 13.8 Å². The van der Waals surface area contributed by atoms with Gasteiger partial charge < -0.3 is 10.5 Å². The van der Waals surface area contributed by atoms with E-state index < -0.39 is 17.6 Å². The number of nitrogen functional groups attached to an aromatic ring is 1. The summed E-state index contributed by atoms with van der Waals surface area (Å²) in [4.78, 5) is 12.9. The molecule has 5 nitrogen and oxygen atoms in total. The summed E-state index contributed by atoms with van der Waals surface area (Å²) >= 11 is 1.06. The molecule has 0 amide bonds. The van der Waals surface area contributed by atoms with E-state index in [2.05, 4.69) is 15.0 Å². The zero-order valence-corrected chi connectivity index (χ0v) is 14.4. The molecule has 9 heteroatoms. The Morgan fingerprint density at radius 3 is 2.38 bits per heavy atom. The highest BCUT2D eigenvalue weighted by Gasteiger charge is 2.36. The van der Waals surface area contributed by atoms with Crippen molar-refractivity contribution in [1.29, 1.82) is 0 Å². The summed E-state index contributed by atoms with van der Waals surface area (Å²) in [5.74, 6) is 0.163. The van der Waals surface area contributed by atoms with Crippen LogP contribution in [0.15, 0.2) is 22.1 Å². The number of ether oxygens (including phenoxy) is 1. The van der Waals surface area contributed by atoms with Crippen molar-refractivity contribution >= 4 is 17.6 Å². The second-order valence-corrected chi connectivity index (χ2v) is 6.43. The van der Waals surface area contributed by atoms with E-state index in [-0.39, 0.29) is 11.7 Å². The number of nitrogens with two attached hydrogens (primary N) is 1. The van der Waals surface area contributed by atoms with Crippen LogP contribution in [0.25, 0.3) is 0 Å². The van der Waals surface area contributed by atoms with Crippen molar-refractivity contribution < 1.29 is 17.9 Å². The normalized spacial score (nSPS) is 11.8. The van der Waals surface area contributed by atoms with Crippen LogP contribution in [-0.2, 0) is 6.18 Å². The van der Waals surface area contributed by atoms with Crippen LogP contribution in [-0.4, -0.2) is 22.1 Å². The first-order valence-electron chi connectivity index (χ1n) is 7.06. The smallest absolute Gasteiger partial charge is 0.421 e. The van der Waals surface area contributed by atoms with E-state index in [0.29, 0.717) is 21.3 Å². The molecule has 130 valence electrons. The fourth-order valence-electron chi connectivity index (χ4n) is 2.02. The van der Waals surface area contributed by atoms with Gasteiger partial charge in [-0.25, -0.2) is 15.0 Å². The Kier molecular flexibility index (Phi) is 5.22. The number of alkyl halides is 3. The molecule has 0 fully saturated rings. The predicted molar refractivity (Wildman–Crippen MR) is 85.2 cm³/mol. The van der Waals surface area contributed by atoms with E-state index in [0.717, 1.165) is 17.8 Å². The zero-order valence-electron chi connectivity index (χ0n) is 13.6. The Morgan fingerprint density at radius 1 is 1.21 bits per heavy atom. The molecule has 2 aromatic heterocycles. The largest absolute Gasteiger partial charge is 0.481 e.